The molecule has 1 heterocycles. The van der Waals surface area contributed by atoms with Crippen LogP contribution in [0.5, 0.6) is 5.75 Å². The van der Waals surface area contributed by atoms with Gasteiger partial charge < -0.3 is 24.8 Å². The Kier molecular flexibility index (Phi) is 11.4. The van der Waals surface area contributed by atoms with Gasteiger partial charge in [0, 0.05) is 38.3 Å². The Balaban J connectivity index is 2.53. The lowest BCUT2D eigenvalue weighted by atomic mass is 10.1. The van der Waals surface area contributed by atoms with Crippen molar-refractivity contribution >= 4 is 23.5 Å². The quantitative estimate of drug-likeness (QED) is 0.245. The first-order valence-corrected chi connectivity index (χ1v) is 12.8. The molecule has 188 valence electrons. The molecule has 8 heteroatoms. The second kappa shape index (κ2) is 14.0. The molecular weight excluding hydrogens is 450 g/mol. The number of primary amides is 1. The summed E-state index contributed by atoms with van der Waals surface area (Å²) in [6.07, 6.45) is 5.82. The van der Waals surface area contributed by atoms with E-state index in [1.54, 1.807) is 6.08 Å². The lowest BCUT2D eigenvalue weighted by Crippen LogP contribution is -2.29. The Morgan fingerprint density at radius 2 is 1.79 bits per heavy atom. The van der Waals surface area contributed by atoms with Crippen LogP contribution in [-0.2, 0) is 9.47 Å². The summed E-state index contributed by atoms with van der Waals surface area (Å²) in [4.78, 5) is 15.6. The number of hydrogen-bond acceptors (Lipinski definition) is 7. The largest absolute Gasteiger partial charge is 0.457 e. The summed E-state index contributed by atoms with van der Waals surface area (Å²) in [6, 6.07) is 3.76. The highest BCUT2D eigenvalue weighted by molar-refractivity contribution is 7.97. The zero-order chi connectivity index (χ0) is 25.1. The molecule has 0 unspecified atom stereocenters. The van der Waals surface area contributed by atoms with E-state index in [0.717, 1.165) is 62.4 Å². The number of carbonyl (C=O) groups excluding carboxylic acids is 1. The molecular formula is C26H39N3O4S. The van der Waals surface area contributed by atoms with Crippen molar-refractivity contribution in [2.75, 3.05) is 37.9 Å². The van der Waals surface area contributed by atoms with Crippen LogP contribution in [0.4, 0.5) is 5.69 Å². The fourth-order valence-corrected chi connectivity index (χ4v) is 4.35. The molecule has 2 rings (SSSR count). The first kappa shape index (κ1) is 27.7. The standard InChI is InChI=1S/C26H39N3O4S/c1-7-11-13-28(14-12-8-2)22-17-24(33-19(5)15-23-20(6)31-18-32-23)25(16-21(22)26(27)30)34-29(9-3)10-4/h15-17H,5-14,18H2,1-4H3,(H2,27,30)/b23-15+. The highest BCUT2D eigenvalue weighted by Gasteiger charge is 2.22. The number of unbranched alkanes of at least 4 members (excludes halogenated alkanes) is 2. The van der Waals surface area contributed by atoms with E-state index in [1.807, 2.05) is 12.1 Å². The van der Waals surface area contributed by atoms with Crippen LogP contribution in [0.3, 0.4) is 0 Å². The Morgan fingerprint density at radius 3 is 2.29 bits per heavy atom. The van der Waals surface area contributed by atoms with Crippen molar-refractivity contribution < 1.29 is 19.0 Å². The van der Waals surface area contributed by atoms with Gasteiger partial charge >= 0.3 is 0 Å². The highest BCUT2D eigenvalue weighted by atomic mass is 32.2. The fraction of sp³-hybridized carbons (Fsp3) is 0.500. The van der Waals surface area contributed by atoms with Crippen LogP contribution in [0.15, 0.2) is 53.5 Å². The van der Waals surface area contributed by atoms with Crippen LogP contribution in [0.1, 0.15) is 63.7 Å². The van der Waals surface area contributed by atoms with Gasteiger partial charge in [-0.2, -0.15) is 0 Å². The van der Waals surface area contributed by atoms with Crippen LogP contribution < -0.4 is 15.4 Å². The van der Waals surface area contributed by atoms with Crippen molar-refractivity contribution in [3.8, 4) is 5.75 Å². The van der Waals surface area contributed by atoms with Gasteiger partial charge in [0.15, 0.2) is 11.5 Å². The molecule has 0 bridgehead atoms. The smallest absolute Gasteiger partial charge is 0.250 e. The summed E-state index contributed by atoms with van der Waals surface area (Å²) < 4.78 is 19.0. The number of carbonyl (C=O) groups is 1. The van der Waals surface area contributed by atoms with Crippen LogP contribution in [0.25, 0.3) is 0 Å². The molecule has 1 aromatic rings. The molecule has 0 aliphatic carbocycles. The third-order valence-corrected chi connectivity index (χ3v) is 6.71. The van der Waals surface area contributed by atoms with Gasteiger partial charge in [0.05, 0.1) is 16.1 Å². The molecule has 7 nitrogen and oxygen atoms in total. The van der Waals surface area contributed by atoms with E-state index >= 15 is 0 Å². The Bertz CT molecular complexity index is 888. The molecule has 1 fully saturated rings. The Labute approximate surface area is 208 Å². The second-order valence-corrected chi connectivity index (χ2v) is 9.13. The Hall–Kier alpha value is -2.58. The fourth-order valence-electron chi connectivity index (χ4n) is 3.46. The van der Waals surface area contributed by atoms with E-state index in [9.17, 15) is 4.79 Å². The topological polar surface area (TPSA) is 77.3 Å². The first-order chi connectivity index (χ1) is 16.3. The molecule has 0 spiro atoms. The van der Waals surface area contributed by atoms with Crippen molar-refractivity contribution in [3.05, 3.63) is 54.2 Å². The molecule has 2 N–H and O–H groups in total. The number of benzene rings is 1. The van der Waals surface area contributed by atoms with Gasteiger partial charge in [-0.25, -0.2) is 4.31 Å². The van der Waals surface area contributed by atoms with Crippen molar-refractivity contribution in [2.24, 2.45) is 5.73 Å². The summed E-state index contributed by atoms with van der Waals surface area (Å²) in [7, 11) is 0. The zero-order valence-electron chi connectivity index (χ0n) is 21.0. The molecule has 1 aliphatic heterocycles. The molecule has 0 radical (unpaired) electrons. The third-order valence-electron chi connectivity index (χ3n) is 5.42. The second-order valence-electron chi connectivity index (χ2n) is 7.99. The van der Waals surface area contributed by atoms with Crippen LogP contribution in [0.2, 0.25) is 0 Å². The van der Waals surface area contributed by atoms with Crippen LogP contribution in [-0.4, -0.2) is 43.2 Å². The van der Waals surface area contributed by atoms with Gasteiger partial charge in [-0.1, -0.05) is 53.7 Å². The van der Waals surface area contributed by atoms with Gasteiger partial charge in [0.1, 0.15) is 11.5 Å². The van der Waals surface area contributed by atoms with E-state index in [4.69, 9.17) is 19.9 Å². The molecule has 0 aromatic heterocycles. The maximum atomic E-state index is 12.5. The van der Waals surface area contributed by atoms with Crippen LogP contribution >= 0.6 is 11.9 Å². The van der Waals surface area contributed by atoms with Crippen LogP contribution in [0, 0.1) is 0 Å². The minimum absolute atomic E-state index is 0.127. The summed E-state index contributed by atoms with van der Waals surface area (Å²) >= 11 is 1.54. The molecule has 0 saturated carbocycles. The van der Waals surface area contributed by atoms with E-state index in [-0.39, 0.29) is 6.79 Å². The molecule has 1 aromatic carbocycles. The number of hydrogen-bond donors (Lipinski definition) is 1. The average Bonchev–Trinajstić information content (AvgIpc) is 3.22. The zero-order valence-corrected chi connectivity index (χ0v) is 21.8. The number of allylic oxidation sites excluding steroid dienone is 1. The third kappa shape index (κ3) is 7.74. The predicted molar refractivity (Wildman–Crippen MR) is 140 cm³/mol. The monoisotopic (exact) mass is 489 g/mol. The summed E-state index contributed by atoms with van der Waals surface area (Å²) in [5.41, 5.74) is 7.14. The summed E-state index contributed by atoms with van der Waals surface area (Å²) in [5, 5.41) is 0. The van der Waals surface area contributed by atoms with Gasteiger partial charge in [-0.3, -0.25) is 4.79 Å². The van der Waals surface area contributed by atoms with Crippen molar-refractivity contribution in [3.63, 3.8) is 0 Å². The highest BCUT2D eigenvalue weighted by Crippen LogP contribution is 2.39. The Morgan fingerprint density at radius 1 is 1.15 bits per heavy atom. The lowest BCUT2D eigenvalue weighted by molar-refractivity contribution is 0.0977. The number of amides is 1. The lowest BCUT2D eigenvalue weighted by Gasteiger charge is -2.28. The summed E-state index contributed by atoms with van der Waals surface area (Å²) in [6.45, 7) is 19.8. The molecule has 1 amide bonds. The minimum Gasteiger partial charge on any atom is -0.457 e. The maximum Gasteiger partial charge on any atom is 0.250 e. The predicted octanol–water partition coefficient (Wildman–Crippen LogP) is 5.84. The van der Waals surface area contributed by atoms with Crippen molar-refractivity contribution in [2.45, 2.75) is 58.3 Å². The molecule has 34 heavy (non-hydrogen) atoms. The van der Waals surface area contributed by atoms with Crippen molar-refractivity contribution in [1.82, 2.24) is 4.31 Å². The number of ether oxygens (including phenoxy) is 3. The average molecular weight is 490 g/mol. The summed E-state index contributed by atoms with van der Waals surface area (Å²) in [5.74, 6) is 1.48. The minimum atomic E-state index is -0.449. The van der Waals surface area contributed by atoms with E-state index in [1.165, 1.54) is 11.9 Å². The molecule has 1 saturated heterocycles. The number of nitrogens with two attached hydrogens (primary N) is 1. The number of nitrogens with zero attached hydrogens (tertiary/aromatic N) is 2. The van der Waals surface area contributed by atoms with Gasteiger partial charge in [-0.15, -0.1) is 0 Å². The number of anilines is 1. The van der Waals surface area contributed by atoms with Gasteiger partial charge in [0.25, 0.3) is 5.91 Å². The van der Waals surface area contributed by atoms with Gasteiger partial charge in [-0.05, 0) is 30.9 Å². The van der Waals surface area contributed by atoms with Gasteiger partial charge in [0.2, 0.25) is 6.79 Å². The first-order valence-electron chi connectivity index (χ1n) is 12.0. The van der Waals surface area contributed by atoms with Crippen molar-refractivity contribution in [1.29, 1.82) is 0 Å². The molecule has 0 atom stereocenters. The molecule has 1 aliphatic rings. The SMILES string of the molecule is C=C(/C=C1/OCOC1=C)Oc1cc(N(CCCC)CCCC)c(C(N)=O)cc1SN(CC)CC. The van der Waals surface area contributed by atoms with E-state index in [2.05, 4.69) is 50.1 Å². The number of rotatable bonds is 15. The normalized spacial score (nSPS) is 14.3. The van der Waals surface area contributed by atoms with E-state index < -0.39 is 5.91 Å². The van der Waals surface area contributed by atoms with E-state index in [0.29, 0.717) is 28.6 Å². The maximum absolute atomic E-state index is 12.5.